The van der Waals surface area contributed by atoms with Gasteiger partial charge in [-0.2, -0.15) is 4.98 Å². The molecule has 96 valence electrons. The lowest BCUT2D eigenvalue weighted by molar-refractivity contribution is 0.104. The maximum absolute atomic E-state index is 5.96. The maximum atomic E-state index is 5.96. The maximum Gasteiger partial charge on any atom is 0.229 e. The second-order valence-electron chi connectivity index (χ2n) is 4.75. The van der Waals surface area contributed by atoms with Gasteiger partial charge in [0.05, 0.1) is 18.6 Å². The number of likely N-dealkylation sites (N-methyl/N-ethyl adjacent to an activating group) is 1. The molecule has 0 aromatic carbocycles. The number of nitrogens with two attached hydrogens (primary N) is 1. The molecule has 1 aliphatic rings. The lowest BCUT2D eigenvalue weighted by Crippen LogP contribution is -2.26. The smallest absolute Gasteiger partial charge is 0.229 e. The van der Waals surface area contributed by atoms with E-state index < -0.39 is 0 Å². The third-order valence-electron chi connectivity index (χ3n) is 2.80. The lowest BCUT2D eigenvalue weighted by Gasteiger charge is -2.12. The molecule has 2 heterocycles. The SMILES string of the molecule is CN(C)CC(N)c1noc(CC2CCCO2)n1. The van der Waals surface area contributed by atoms with Crippen molar-refractivity contribution in [2.45, 2.75) is 31.4 Å². The summed E-state index contributed by atoms with van der Waals surface area (Å²) in [6.07, 6.45) is 3.11. The van der Waals surface area contributed by atoms with Crippen molar-refractivity contribution >= 4 is 0 Å². The summed E-state index contributed by atoms with van der Waals surface area (Å²) in [4.78, 5) is 6.32. The first-order chi connectivity index (χ1) is 8.15. The number of rotatable bonds is 5. The molecule has 1 aromatic heterocycles. The monoisotopic (exact) mass is 240 g/mol. The number of hydrogen-bond acceptors (Lipinski definition) is 6. The van der Waals surface area contributed by atoms with Gasteiger partial charge in [-0.1, -0.05) is 5.16 Å². The van der Waals surface area contributed by atoms with Gasteiger partial charge in [0, 0.05) is 13.2 Å². The Morgan fingerprint density at radius 1 is 1.53 bits per heavy atom. The van der Waals surface area contributed by atoms with Gasteiger partial charge >= 0.3 is 0 Å². The fourth-order valence-electron chi connectivity index (χ4n) is 1.98. The van der Waals surface area contributed by atoms with Gasteiger partial charge in [-0.3, -0.25) is 0 Å². The first-order valence-electron chi connectivity index (χ1n) is 5.99. The van der Waals surface area contributed by atoms with Gasteiger partial charge in [0.25, 0.3) is 0 Å². The van der Waals surface area contributed by atoms with E-state index in [9.17, 15) is 0 Å². The molecule has 6 heteroatoms. The summed E-state index contributed by atoms with van der Waals surface area (Å²) in [5, 5.41) is 3.92. The van der Waals surface area contributed by atoms with E-state index in [0.29, 0.717) is 24.7 Å². The second-order valence-corrected chi connectivity index (χ2v) is 4.75. The molecule has 0 saturated carbocycles. The molecule has 2 rings (SSSR count). The van der Waals surface area contributed by atoms with Crippen LogP contribution in [0.1, 0.15) is 30.6 Å². The van der Waals surface area contributed by atoms with Gasteiger partial charge < -0.3 is 19.9 Å². The number of nitrogens with zero attached hydrogens (tertiary/aromatic N) is 3. The van der Waals surface area contributed by atoms with Gasteiger partial charge in [0.1, 0.15) is 0 Å². The normalized spacial score (nSPS) is 22.2. The van der Waals surface area contributed by atoms with Crippen molar-refractivity contribution in [1.29, 1.82) is 0 Å². The van der Waals surface area contributed by atoms with Crippen molar-refractivity contribution in [1.82, 2.24) is 15.0 Å². The molecule has 0 spiro atoms. The third-order valence-corrected chi connectivity index (χ3v) is 2.80. The standard InChI is InChI=1S/C11H20N4O2/c1-15(2)7-9(12)11-13-10(17-14-11)6-8-4-3-5-16-8/h8-9H,3-7,12H2,1-2H3. The number of hydrogen-bond donors (Lipinski definition) is 1. The minimum atomic E-state index is -0.202. The largest absolute Gasteiger partial charge is 0.378 e. The lowest BCUT2D eigenvalue weighted by atomic mass is 10.2. The number of ether oxygens (including phenoxy) is 1. The van der Waals surface area contributed by atoms with Crippen molar-refractivity contribution in [2.75, 3.05) is 27.2 Å². The van der Waals surface area contributed by atoms with Crippen LogP contribution < -0.4 is 5.73 Å². The molecule has 0 aliphatic carbocycles. The van der Waals surface area contributed by atoms with Crippen molar-refractivity contribution in [3.05, 3.63) is 11.7 Å². The minimum absolute atomic E-state index is 0.202. The van der Waals surface area contributed by atoms with E-state index in [1.807, 2.05) is 19.0 Å². The van der Waals surface area contributed by atoms with Crippen LogP contribution in [0, 0.1) is 0 Å². The average Bonchev–Trinajstić information content (AvgIpc) is 2.88. The topological polar surface area (TPSA) is 77.4 Å². The van der Waals surface area contributed by atoms with Crippen molar-refractivity contribution in [3.8, 4) is 0 Å². The van der Waals surface area contributed by atoms with Gasteiger partial charge in [-0.25, -0.2) is 0 Å². The Kier molecular flexibility index (Phi) is 4.09. The zero-order chi connectivity index (χ0) is 12.3. The van der Waals surface area contributed by atoms with E-state index in [-0.39, 0.29) is 12.1 Å². The summed E-state index contributed by atoms with van der Waals surface area (Å²) >= 11 is 0. The van der Waals surface area contributed by atoms with Crippen LogP contribution in [0.25, 0.3) is 0 Å². The molecule has 2 unspecified atom stereocenters. The highest BCUT2D eigenvalue weighted by Gasteiger charge is 2.21. The molecule has 1 aromatic rings. The Balaban J connectivity index is 1.90. The molecular weight excluding hydrogens is 220 g/mol. The van der Waals surface area contributed by atoms with Gasteiger partial charge in [-0.15, -0.1) is 0 Å². The van der Waals surface area contributed by atoms with Gasteiger partial charge in [0.15, 0.2) is 5.82 Å². The minimum Gasteiger partial charge on any atom is -0.378 e. The Labute approximate surface area is 101 Å². The third kappa shape index (κ3) is 3.49. The average molecular weight is 240 g/mol. The molecule has 1 aliphatic heterocycles. The molecule has 6 nitrogen and oxygen atoms in total. The molecule has 0 bridgehead atoms. The van der Waals surface area contributed by atoms with E-state index in [1.165, 1.54) is 0 Å². The highest BCUT2D eigenvalue weighted by atomic mass is 16.5. The highest BCUT2D eigenvalue weighted by Crippen LogP contribution is 2.17. The fraction of sp³-hybridized carbons (Fsp3) is 0.818. The Morgan fingerprint density at radius 3 is 3.00 bits per heavy atom. The van der Waals surface area contributed by atoms with E-state index in [2.05, 4.69) is 10.1 Å². The molecule has 0 radical (unpaired) electrons. The predicted octanol–water partition coefficient (Wildman–Crippen LogP) is 0.353. The van der Waals surface area contributed by atoms with Crippen LogP contribution >= 0.6 is 0 Å². The van der Waals surface area contributed by atoms with Crippen LogP contribution in [0.5, 0.6) is 0 Å². The van der Waals surface area contributed by atoms with Crippen LogP contribution in [-0.4, -0.2) is 48.4 Å². The van der Waals surface area contributed by atoms with E-state index in [1.54, 1.807) is 0 Å². The van der Waals surface area contributed by atoms with E-state index in [0.717, 1.165) is 19.4 Å². The molecular formula is C11H20N4O2. The molecule has 1 saturated heterocycles. The number of aromatic nitrogens is 2. The Bertz CT molecular complexity index is 347. The quantitative estimate of drug-likeness (QED) is 0.800. The summed E-state index contributed by atoms with van der Waals surface area (Å²) in [7, 11) is 3.93. The molecule has 2 N–H and O–H groups in total. The van der Waals surface area contributed by atoms with Crippen LogP contribution in [0.3, 0.4) is 0 Å². The van der Waals surface area contributed by atoms with Crippen LogP contribution in [0.4, 0.5) is 0 Å². The summed E-state index contributed by atoms with van der Waals surface area (Å²) in [6.45, 7) is 1.55. The molecule has 1 fully saturated rings. The zero-order valence-corrected chi connectivity index (χ0v) is 10.4. The summed E-state index contributed by atoms with van der Waals surface area (Å²) < 4.78 is 10.7. The predicted molar refractivity (Wildman–Crippen MR) is 62.5 cm³/mol. The second kappa shape index (κ2) is 5.57. The summed E-state index contributed by atoms with van der Waals surface area (Å²) in [5.74, 6) is 1.20. The van der Waals surface area contributed by atoms with E-state index in [4.69, 9.17) is 15.0 Å². The highest BCUT2D eigenvalue weighted by molar-refractivity contribution is 4.95. The van der Waals surface area contributed by atoms with Crippen LogP contribution in [-0.2, 0) is 11.2 Å². The van der Waals surface area contributed by atoms with Gasteiger partial charge in [-0.05, 0) is 26.9 Å². The Hall–Kier alpha value is -0.980. The summed E-state index contributed by atoms with van der Waals surface area (Å²) in [5.41, 5.74) is 5.96. The van der Waals surface area contributed by atoms with Gasteiger partial charge in [0.2, 0.25) is 5.89 Å². The molecule has 0 amide bonds. The Morgan fingerprint density at radius 2 is 2.35 bits per heavy atom. The van der Waals surface area contributed by atoms with Crippen LogP contribution in [0.15, 0.2) is 4.52 Å². The summed E-state index contributed by atoms with van der Waals surface area (Å²) in [6, 6.07) is -0.202. The first-order valence-corrected chi connectivity index (χ1v) is 5.99. The van der Waals surface area contributed by atoms with Crippen molar-refractivity contribution in [2.24, 2.45) is 5.73 Å². The zero-order valence-electron chi connectivity index (χ0n) is 10.4. The first kappa shape index (κ1) is 12.5. The van der Waals surface area contributed by atoms with E-state index >= 15 is 0 Å². The molecule has 2 atom stereocenters. The molecule has 17 heavy (non-hydrogen) atoms. The van der Waals surface area contributed by atoms with Crippen LogP contribution in [0.2, 0.25) is 0 Å². The van der Waals surface area contributed by atoms with Crippen molar-refractivity contribution < 1.29 is 9.26 Å². The van der Waals surface area contributed by atoms with Crippen molar-refractivity contribution in [3.63, 3.8) is 0 Å². The fourth-order valence-corrected chi connectivity index (χ4v) is 1.98.